The molecule has 0 unspecified atom stereocenters. The third kappa shape index (κ3) is 4.71. The molecule has 1 aliphatic rings. The standard InChI is InChI=1S/C20H24O5S2/c1-2-26(21,22)19-12-14-20(15-13-19)27(23,24)25-18-10-8-17(9-11-18)16-6-4-3-5-7-16/h8-16H,2-7H2,1H3. The van der Waals surface area contributed by atoms with Crippen molar-refractivity contribution in [2.24, 2.45) is 0 Å². The number of sulfone groups is 1. The van der Waals surface area contributed by atoms with Crippen LogP contribution in [0.25, 0.3) is 0 Å². The Morgan fingerprint density at radius 1 is 0.815 bits per heavy atom. The maximum Gasteiger partial charge on any atom is 0.339 e. The second kappa shape index (κ2) is 8.02. The molecule has 0 N–H and O–H groups in total. The van der Waals surface area contributed by atoms with Crippen LogP contribution in [0.2, 0.25) is 0 Å². The van der Waals surface area contributed by atoms with Gasteiger partial charge in [0.1, 0.15) is 10.6 Å². The van der Waals surface area contributed by atoms with Gasteiger partial charge in [-0.25, -0.2) is 8.42 Å². The lowest BCUT2D eigenvalue weighted by atomic mass is 9.84. The van der Waals surface area contributed by atoms with E-state index in [-0.39, 0.29) is 21.3 Å². The first-order chi connectivity index (χ1) is 12.8. The zero-order valence-electron chi connectivity index (χ0n) is 15.3. The van der Waals surface area contributed by atoms with Gasteiger partial charge in [0, 0.05) is 0 Å². The van der Waals surface area contributed by atoms with Gasteiger partial charge in [-0.05, 0) is 60.7 Å². The zero-order valence-corrected chi connectivity index (χ0v) is 16.9. The van der Waals surface area contributed by atoms with Crippen LogP contribution in [0, 0.1) is 0 Å². The SMILES string of the molecule is CCS(=O)(=O)c1ccc(S(=O)(=O)Oc2ccc(C3CCCCC3)cc2)cc1. The highest BCUT2D eigenvalue weighted by Crippen LogP contribution is 2.33. The van der Waals surface area contributed by atoms with Gasteiger partial charge >= 0.3 is 10.1 Å². The fourth-order valence-corrected chi connectivity index (χ4v) is 5.20. The first-order valence-corrected chi connectivity index (χ1v) is 12.2. The van der Waals surface area contributed by atoms with Gasteiger partial charge in [0.05, 0.1) is 10.6 Å². The van der Waals surface area contributed by atoms with E-state index in [4.69, 9.17) is 4.18 Å². The summed E-state index contributed by atoms with van der Waals surface area (Å²) in [5.74, 6) is 0.750. The molecule has 2 aromatic carbocycles. The highest BCUT2D eigenvalue weighted by atomic mass is 32.2. The van der Waals surface area contributed by atoms with E-state index < -0.39 is 20.0 Å². The van der Waals surface area contributed by atoms with Crippen molar-refractivity contribution in [3.63, 3.8) is 0 Å². The van der Waals surface area contributed by atoms with E-state index in [2.05, 4.69) is 0 Å². The Labute approximate surface area is 161 Å². The number of rotatable bonds is 6. The van der Waals surface area contributed by atoms with Crippen LogP contribution < -0.4 is 4.18 Å². The molecule has 0 saturated heterocycles. The first kappa shape index (κ1) is 19.9. The van der Waals surface area contributed by atoms with E-state index in [9.17, 15) is 16.8 Å². The lowest BCUT2D eigenvalue weighted by Crippen LogP contribution is -2.11. The summed E-state index contributed by atoms with van der Waals surface area (Å²) < 4.78 is 53.8. The van der Waals surface area contributed by atoms with Crippen molar-refractivity contribution < 1.29 is 21.0 Å². The second-order valence-corrected chi connectivity index (χ2v) is 10.6. The Kier molecular flexibility index (Phi) is 5.91. The molecule has 1 saturated carbocycles. The summed E-state index contributed by atoms with van der Waals surface area (Å²) in [6.07, 6.45) is 6.10. The fraction of sp³-hybridized carbons (Fsp3) is 0.400. The van der Waals surface area contributed by atoms with Crippen LogP contribution in [0.5, 0.6) is 5.75 Å². The molecule has 5 nitrogen and oxygen atoms in total. The van der Waals surface area contributed by atoms with E-state index in [1.165, 1.54) is 61.9 Å². The average molecular weight is 409 g/mol. The molecule has 146 valence electrons. The van der Waals surface area contributed by atoms with Gasteiger partial charge in [-0.3, -0.25) is 0 Å². The Hall–Kier alpha value is -1.86. The molecule has 0 spiro atoms. The molecular formula is C20H24O5S2. The van der Waals surface area contributed by atoms with Crippen molar-refractivity contribution in [2.75, 3.05) is 5.75 Å². The summed E-state index contributed by atoms with van der Waals surface area (Å²) in [5.41, 5.74) is 1.22. The minimum atomic E-state index is -4.01. The fourth-order valence-electron chi connectivity index (χ4n) is 3.39. The van der Waals surface area contributed by atoms with Crippen LogP contribution in [-0.4, -0.2) is 22.6 Å². The highest BCUT2D eigenvalue weighted by Gasteiger charge is 2.20. The largest absolute Gasteiger partial charge is 0.379 e. The molecule has 2 aromatic rings. The second-order valence-electron chi connectivity index (χ2n) is 6.82. The van der Waals surface area contributed by atoms with E-state index in [1.807, 2.05) is 12.1 Å². The van der Waals surface area contributed by atoms with Crippen molar-refractivity contribution >= 4 is 20.0 Å². The van der Waals surface area contributed by atoms with Gasteiger partial charge < -0.3 is 4.18 Å². The van der Waals surface area contributed by atoms with Crippen LogP contribution in [0.4, 0.5) is 0 Å². The summed E-state index contributed by atoms with van der Waals surface area (Å²) in [5, 5.41) is 0. The molecular weight excluding hydrogens is 384 g/mol. The van der Waals surface area contributed by atoms with Crippen molar-refractivity contribution in [2.45, 2.75) is 54.7 Å². The maximum atomic E-state index is 12.4. The van der Waals surface area contributed by atoms with E-state index in [0.29, 0.717) is 5.92 Å². The summed E-state index contributed by atoms with van der Waals surface area (Å²) in [4.78, 5) is 0.0229. The van der Waals surface area contributed by atoms with Crippen LogP contribution in [0.1, 0.15) is 50.5 Å². The van der Waals surface area contributed by atoms with Crippen LogP contribution in [0.15, 0.2) is 58.3 Å². The first-order valence-electron chi connectivity index (χ1n) is 9.19. The van der Waals surface area contributed by atoms with E-state index in [1.54, 1.807) is 19.1 Å². The van der Waals surface area contributed by atoms with Crippen molar-refractivity contribution in [3.8, 4) is 5.75 Å². The summed E-state index contributed by atoms with van der Waals surface area (Å²) in [6.45, 7) is 1.54. The third-order valence-corrected chi connectivity index (χ3v) is 8.03. The quantitative estimate of drug-likeness (QED) is 0.666. The Morgan fingerprint density at radius 2 is 1.37 bits per heavy atom. The summed E-state index contributed by atoms with van der Waals surface area (Å²) in [6, 6.07) is 12.3. The molecule has 27 heavy (non-hydrogen) atoms. The van der Waals surface area contributed by atoms with Gasteiger partial charge in [-0.15, -0.1) is 0 Å². The topological polar surface area (TPSA) is 77.5 Å². The van der Waals surface area contributed by atoms with Gasteiger partial charge in [0.2, 0.25) is 0 Å². The predicted octanol–water partition coefficient (Wildman–Crippen LogP) is 4.30. The van der Waals surface area contributed by atoms with Crippen molar-refractivity contribution in [3.05, 3.63) is 54.1 Å². The molecule has 0 aliphatic heterocycles. The van der Waals surface area contributed by atoms with Crippen LogP contribution >= 0.6 is 0 Å². The monoisotopic (exact) mass is 408 g/mol. The molecule has 0 aromatic heterocycles. The van der Waals surface area contributed by atoms with Crippen LogP contribution in [0.3, 0.4) is 0 Å². The molecule has 0 bridgehead atoms. The molecule has 0 heterocycles. The van der Waals surface area contributed by atoms with Crippen LogP contribution in [-0.2, 0) is 20.0 Å². The van der Waals surface area contributed by atoms with Gasteiger partial charge in [-0.1, -0.05) is 38.3 Å². The lowest BCUT2D eigenvalue weighted by molar-refractivity contribution is 0.443. The van der Waals surface area contributed by atoms with Gasteiger partial charge in [-0.2, -0.15) is 8.42 Å². The molecule has 3 rings (SSSR count). The predicted molar refractivity (Wildman–Crippen MR) is 104 cm³/mol. The summed E-state index contributed by atoms with van der Waals surface area (Å²) in [7, 11) is -7.39. The maximum absolute atomic E-state index is 12.4. The molecule has 0 radical (unpaired) electrons. The van der Waals surface area contributed by atoms with Gasteiger partial charge in [0.15, 0.2) is 9.84 Å². The van der Waals surface area contributed by atoms with Gasteiger partial charge in [0.25, 0.3) is 0 Å². The highest BCUT2D eigenvalue weighted by molar-refractivity contribution is 7.91. The Balaban J connectivity index is 1.74. The third-order valence-electron chi connectivity index (χ3n) is 5.01. The number of hydrogen-bond donors (Lipinski definition) is 0. The average Bonchev–Trinajstić information content (AvgIpc) is 2.69. The normalized spacial score (nSPS) is 16.2. The Morgan fingerprint density at radius 3 is 1.93 bits per heavy atom. The number of hydrogen-bond acceptors (Lipinski definition) is 5. The molecule has 1 aliphatic carbocycles. The van der Waals surface area contributed by atoms with Crippen molar-refractivity contribution in [1.82, 2.24) is 0 Å². The molecule has 7 heteroatoms. The summed E-state index contributed by atoms with van der Waals surface area (Å²) >= 11 is 0. The Bertz CT molecular complexity index is 970. The molecule has 0 amide bonds. The zero-order chi connectivity index (χ0) is 19.5. The lowest BCUT2D eigenvalue weighted by Gasteiger charge is -2.22. The molecule has 0 atom stereocenters. The van der Waals surface area contributed by atoms with E-state index in [0.717, 1.165) is 0 Å². The minimum Gasteiger partial charge on any atom is -0.379 e. The van der Waals surface area contributed by atoms with Crippen molar-refractivity contribution in [1.29, 1.82) is 0 Å². The molecule has 1 fully saturated rings. The van der Waals surface area contributed by atoms with E-state index >= 15 is 0 Å². The minimum absolute atomic E-state index is 0.0388. The number of benzene rings is 2. The smallest absolute Gasteiger partial charge is 0.339 e.